The summed E-state index contributed by atoms with van der Waals surface area (Å²) in [5.74, 6) is -2.16. The van der Waals surface area contributed by atoms with Crippen LogP contribution in [0.5, 0.6) is 23.1 Å². The minimum atomic E-state index is -4.56. The summed E-state index contributed by atoms with van der Waals surface area (Å²) in [5.41, 5.74) is -0.570. The first-order valence-electron chi connectivity index (χ1n) is 8.50. The molecule has 0 unspecified atom stereocenters. The van der Waals surface area contributed by atoms with E-state index in [1.807, 2.05) is 0 Å². The van der Waals surface area contributed by atoms with Crippen LogP contribution in [-0.2, 0) is 15.8 Å². The molecule has 2 heterocycles. The van der Waals surface area contributed by atoms with E-state index >= 15 is 0 Å². The van der Waals surface area contributed by atoms with Crippen molar-refractivity contribution in [3.05, 3.63) is 54.1 Å². The molecule has 2 aromatic carbocycles. The Morgan fingerprint density at radius 2 is 1.59 bits per heavy atom. The summed E-state index contributed by atoms with van der Waals surface area (Å²) in [6.07, 6.45) is -4.94. The lowest BCUT2D eigenvalue weighted by molar-refractivity contribution is -0.142. The van der Waals surface area contributed by atoms with E-state index in [4.69, 9.17) is 14.2 Å². The van der Waals surface area contributed by atoms with Crippen molar-refractivity contribution < 1.29 is 37.0 Å². The molecular weight excluding hydrogens is 391 g/mol. The Morgan fingerprint density at radius 3 is 2.31 bits per heavy atom. The second-order valence-electron chi connectivity index (χ2n) is 6.17. The second kappa shape index (κ2) is 7.08. The predicted octanol–water partition coefficient (Wildman–Crippen LogP) is 4.65. The maximum atomic E-state index is 13.0. The number of fused-ring (bicyclic) bond motifs is 3. The SMILES string of the molecule is O=C1CCC(=O)Oc2c(c(Oc3cccc(C(F)(F)F)c3)nc3ccccc23)O1. The maximum absolute atomic E-state index is 13.0. The van der Waals surface area contributed by atoms with Gasteiger partial charge < -0.3 is 14.2 Å². The standard InChI is InChI=1S/C20H12F3NO5/c21-20(22,23)11-4-3-5-12(10-11)27-19-18-17(13-6-1-2-7-14(13)24-19)28-15(25)8-9-16(26)29-18/h1-7,10H,8-9H2. The molecule has 0 bridgehead atoms. The monoisotopic (exact) mass is 403 g/mol. The topological polar surface area (TPSA) is 74.7 Å². The van der Waals surface area contributed by atoms with Crippen LogP contribution in [0, 0.1) is 0 Å². The Balaban J connectivity index is 1.86. The zero-order valence-electron chi connectivity index (χ0n) is 14.7. The van der Waals surface area contributed by atoms with Crippen LogP contribution in [0.1, 0.15) is 18.4 Å². The minimum absolute atomic E-state index is 0.0735. The summed E-state index contributed by atoms with van der Waals surface area (Å²) >= 11 is 0. The van der Waals surface area contributed by atoms with E-state index in [2.05, 4.69) is 4.98 Å². The number of nitrogens with zero attached hydrogens (tertiary/aromatic N) is 1. The fraction of sp³-hybridized carbons (Fsp3) is 0.150. The lowest BCUT2D eigenvalue weighted by Gasteiger charge is -2.18. The summed E-state index contributed by atoms with van der Waals surface area (Å²) < 4.78 is 55.1. The molecule has 4 rings (SSSR count). The lowest BCUT2D eigenvalue weighted by atomic mass is 10.2. The van der Waals surface area contributed by atoms with E-state index in [0.717, 1.165) is 12.1 Å². The molecule has 0 aliphatic carbocycles. The van der Waals surface area contributed by atoms with E-state index in [1.54, 1.807) is 24.3 Å². The number of hydrogen-bond donors (Lipinski definition) is 0. The van der Waals surface area contributed by atoms with Crippen LogP contribution < -0.4 is 14.2 Å². The lowest BCUT2D eigenvalue weighted by Crippen LogP contribution is -2.19. The van der Waals surface area contributed by atoms with Gasteiger partial charge in [0.25, 0.3) is 5.88 Å². The molecule has 0 radical (unpaired) electrons. The first-order chi connectivity index (χ1) is 13.8. The third-order valence-corrected chi connectivity index (χ3v) is 4.11. The molecule has 0 N–H and O–H groups in total. The summed E-state index contributed by atoms with van der Waals surface area (Å²) in [6.45, 7) is 0. The largest absolute Gasteiger partial charge is 0.436 e. The van der Waals surface area contributed by atoms with Gasteiger partial charge in [0.05, 0.1) is 23.9 Å². The van der Waals surface area contributed by atoms with E-state index in [0.29, 0.717) is 10.9 Å². The van der Waals surface area contributed by atoms with Crippen molar-refractivity contribution in [2.75, 3.05) is 0 Å². The molecule has 0 spiro atoms. The van der Waals surface area contributed by atoms with Gasteiger partial charge in [-0.1, -0.05) is 18.2 Å². The summed E-state index contributed by atoms with van der Waals surface area (Å²) in [5, 5.41) is 0.391. The molecule has 0 fully saturated rings. The van der Waals surface area contributed by atoms with Crippen LogP contribution in [-0.4, -0.2) is 16.9 Å². The van der Waals surface area contributed by atoms with E-state index < -0.39 is 23.7 Å². The number of esters is 2. The van der Waals surface area contributed by atoms with Crippen molar-refractivity contribution in [3.8, 4) is 23.1 Å². The Labute approximate surface area is 161 Å². The minimum Gasteiger partial charge on any atom is -0.436 e. The molecule has 9 heteroatoms. The molecule has 1 aliphatic rings. The molecule has 0 saturated heterocycles. The van der Waals surface area contributed by atoms with Crippen LogP contribution in [0.2, 0.25) is 0 Å². The van der Waals surface area contributed by atoms with Gasteiger partial charge in [-0.25, -0.2) is 4.98 Å². The molecule has 29 heavy (non-hydrogen) atoms. The van der Waals surface area contributed by atoms with Gasteiger partial charge >= 0.3 is 18.1 Å². The molecule has 0 atom stereocenters. The highest BCUT2D eigenvalue weighted by Crippen LogP contribution is 2.44. The smallest absolute Gasteiger partial charge is 0.416 e. The number of carbonyl (C=O) groups is 2. The van der Waals surface area contributed by atoms with Gasteiger partial charge in [0.1, 0.15) is 5.75 Å². The summed E-state index contributed by atoms with van der Waals surface area (Å²) in [4.78, 5) is 28.2. The molecule has 1 aromatic heterocycles. The zero-order valence-corrected chi connectivity index (χ0v) is 14.7. The van der Waals surface area contributed by atoms with Gasteiger partial charge in [-0.05, 0) is 30.3 Å². The van der Waals surface area contributed by atoms with E-state index in [1.165, 1.54) is 12.1 Å². The number of para-hydroxylation sites is 1. The highest BCUT2D eigenvalue weighted by molar-refractivity contribution is 5.94. The zero-order chi connectivity index (χ0) is 20.6. The van der Waals surface area contributed by atoms with Gasteiger partial charge in [-0.2, -0.15) is 13.2 Å². The normalized spacial score (nSPS) is 14.4. The number of hydrogen-bond acceptors (Lipinski definition) is 6. The number of rotatable bonds is 2. The first-order valence-corrected chi connectivity index (χ1v) is 8.50. The summed E-state index contributed by atoms with van der Waals surface area (Å²) in [6, 6.07) is 10.7. The maximum Gasteiger partial charge on any atom is 0.416 e. The molecule has 6 nitrogen and oxygen atoms in total. The predicted molar refractivity (Wildman–Crippen MR) is 93.8 cm³/mol. The molecule has 148 valence electrons. The number of halogens is 3. The molecule has 0 amide bonds. The van der Waals surface area contributed by atoms with Crippen LogP contribution in [0.4, 0.5) is 13.2 Å². The molecule has 1 aliphatic heterocycles. The van der Waals surface area contributed by atoms with Crippen molar-refractivity contribution in [2.24, 2.45) is 0 Å². The van der Waals surface area contributed by atoms with Crippen molar-refractivity contribution in [2.45, 2.75) is 19.0 Å². The highest BCUT2D eigenvalue weighted by Gasteiger charge is 2.31. The fourth-order valence-corrected chi connectivity index (χ4v) is 2.78. The van der Waals surface area contributed by atoms with E-state index in [-0.39, 0.29) is 36.0 Å². The number of ether oxygens (including phenoxy) is 3. The number of aromatic nitrogens is 1. The fourth-order valence-electron chi connectivity index (χ4n) is 2.78. The second-order valence-corrected chi connectivity index (χ2v) is 6.17. The van der Waals surface area contributed by atoms with Crippen molar-refractivity contribution in [3.63, 3.8) is 0 Å². The molecule has 3 aromatic rings. The first kappa shape index (κ1) is 18.7. The number of benzene rings is 2. The average Bonchev–Trinajstić information content (AvgIpc) is 2.67. The van der Waals surface area contributed by atoms with Crippen LogP contribution in [0.15, 0.2) is 48.5 Å². The van der Waals surface area contributed by atoms with Crippen molar-refractivity contribution in [1.29, 1.82) is 0 Å². The Morgan fingerprint density at radius 1 is 0.897 bits per heavy atom. The third-order valence-electron chi connectivity index (χ3n) is 4.11. The quantitative estimate of drug-likeness (QED) is 0.580. The van der Waals surface area contributed by atoms with Crippen molar-refractivity contribution in [1.82, 2.24) is 4.98 Å². The van der Waals surface area contributed by atoms with E-state index in [9.17, 15) is 22.8 Å². The van der Waals surface area contributed by atoms with Crippen molar-refractivity contribution >= 4 is 22.8 Å². The summed E-state index contributed by atoms with van der Waals surface area (Å²) in [7, 11) is 0. The Kier molecular flexibility index (Phi) is 4.57. The highest BCUT2D eigenvalue weighted by atomic mass is 19.4. The molecular formula is C20H12F3NO5. The molecule has 0 saturated carbocycles. The van der Waals surface area contributed by atoms with Crippen LogP contribution in [0.25, 0.3) is 10.9 Å². The van der Waals surface area contributed by atoms with Crippen LogP contribution in [0.3, 0.4) is 0 Å². The number of pyridine rings is 1. The average molecular weight is 403 g/mol. The van der Waals surface area contributed by atoms with Gasteiger partial charge in [0.2, 0.25) is 5.75 Å². The van der Waals surface area contributed by atoms with Gasteiger partial charge in [-0.15, -0.1) is 0 Å². The van der Waals surface area contributed by atoms with Gasteiger partial charge in [0.15, 0.2) is 5.75 Å². The van der Waals surface area contributed by atoms with Gasteiger partial charge in [0, 0.05) is 5.39 Å². The number of alkyl halides is 3. The Bertz CT molecular complexity index is 1130. The number of carbonyl (C=O) groups excluding carboxylic acids is 2. The van der Waals surface area contributed by atoms with Gasteiger partial charge in [-0.3, -0.25) is 9.59 Å². The van der Waals surface area contributed by atoms with Crippen LogP contribution >= 0.6 is 0 Å². The third kappa shape index (κ3) is 3.84. The Hall–Kier alpha value is -3.62.